The smallest absolute Gasteiger partial charge is 0.220 e. The van der Waals surface area contributed by atoms with Crippen LogP contribution in [-0.4, -0.2) is 25.6 Å². The molecule has 5 nitrogen and oxygen atoms in total. The van der Waals surface area contributed by atoms with Crippen molar-refractivity contribution in [3.63, 3.8) is 0 Å². The SMILES string of the molecule is CC(=O)N1Cc2sc3nc(-c4ccnn4C)cc(-c4ccc(C)cc4)c3c2C1.Cl. The molecule has 0 fully saturated rings. The molecule has 4 heterocycles. The van der Waals surface area contributed by atoms with Crippen molar-refractivity contribution < 1.29 is 4.79 Å². The van der Waals surface area contributed by atoms with Gasteiger partial charge < -0.3 is 4.90 Å². The lowest BCUT2D eigenvalue weighted by molar-refractivity contribution is -0.129. The Morgan fingerprint density at radius 1 is 1.14 bits per heavy atom. The van der Waals surface area contributed by atoms with E-state index in [0.29, 0.717) is 13.1 Å². The second-order valence-corrected chi connectivity index (χ2v) is 8.40. The molecule has 1 aliphatic heterocycles. The van der Waals surface area contributed by atoms with Gasteiger partial charge in [-0.25, -0.2) is 4.98 Å². The first kappa shape index (κ1) is 19.6. The first-order valence-corrected chi connectivity index (χ1v) is 10.1. The molecule has 148 valence electrons. The number of hydrogen-bond donors (Lipinski definition) is 0. The highest BCUT2D eigenvalue weighted by atomic mass is 35.5. The summed E-state index contributed by atoms with van der Waals surface area (Å²) in [6, 6.07) is 12.8. The molecule has 7 heteroatoms. The van der Waals surface area contributed by atoms with E-state index in [1.165, 1.54) is 32.5 Å². The molecule has 0 saturated heterocycles. The van der Waals surface area contributed by atoms with E-state index in [4.69, 9.17) is 4.98 Å². The molecule has 1 amide bonds. The topological polar surface area (TPSA) is 51.0 Å². The van der Waals surface area contributed by atoms with Crippen LogP contribution < -0.4 is 0 Å². The number of fused-ring (bicyclic) bond motifs is 3. The van der Waals surface area contributed by atoms with Crippen molar-refractivity contribution in [3.8, 4) is 22.5 Å². The Bertz CT molecular complexity index is 1230. The van der Waals surface area contributed by atoms with E-state index in [0.717, 1.165) is 16.2 Å². The van der Waals surface area contributed by atoms with Crippen molar-refractivity contribution in [2.75, 3.05) is 0 Å². The number of aromatic nitrogens is 3. The number of thiophene rings is 1. The maximum absolute atomic E-state index is 11.9. The van der Waals surface area contributed by atoms with Crippen LogP contribution in [0.15, 0.2) is 42.6 Å². The second kappa shape index (κ2) is 7.28. The van der Waals surface area contributed by atoms with E-state index in [1.54, 1.807) is 24.5 Å². The molecular formula is C22H21ClN4OS. The van der Waals surface area contributed by atoms with E-state index < -0.39 is 0 Å². The molecule has 3 aromatic heterocycles. The predicted octanol–water partition coefficient (Wildman–Crippen LogP) is 4.96. The number of carbonyl (C=O) groups excluding carboxylic acids is 1. The number of aryl methyl sites for hydroxylation is 2. The van der Waals surface area contributed by atoms with Crippen LogP contribution in [0.25, 0.3) is 32.7 Å². The van der Waals surface area contributed by atoms with E-state index in [1.807, 2.05) is 22.7 Å². The van der Waals surface area contributed by atoms with Crippen molar-refractivity contribution in [2.45, 2.75) is 26.9 Å². The molecule has 1 aliphatic rings. The van der Waals surface area contributed by atoms with Gasteiger partial charge in [0.1, 0.15) is 4.83 Å². The van der Waals surface area contributed by atoms with Gasteiger partial charge in [0.05, 0.1) is 17.9 Å². The molecule has 0 bridgehead atoms. The highest BCUT2D eigenvalue weighted by Gasteiger charge is 2.28. The first-order chi connectivity index (χ1) is 13.5. The maximum atomic E-state index is 11.9. The number of nitrogens with zero attached hydrogens (tertiary/aromatic N) is 4. The predicted molar refractivity (Wildman–Crippen MR) is 119 cm³/mol. The molecule has 0 aliphatic carbocycles. The summed E-state index contributed by atoms with van der Waals surface area (Å²) in [7, 11) is 1.94. The molecule has 1 aromatic carbocycles. The third-order valence-corrected chi connectivity index (χ3v) is 6.53. The van der Waals surface area contributed by atoms with Gasteiger partial charge in [0.25, 0.3) is 0 Å². The molecule has 0 atom stereocenters. The van der Waals surface area contributed by atoms with Gasteiger partial charge in [-0.3, -0.25) is 9.48 Å². The van der Waals surface area contributed by atoms with E-state index in [-0.39, 0.29) is 18.3 Å². The van der Waals surface area contributed by atoms with Gasteiger partial charge in [0.15, 0.2) is 0 Å². The van der Waals surface area contributed by atoms with E-state index in [2.05, 4.69) is 42.4 Å². The fraction of sp³-hybridized carbons (Fsp3) is 0.227. The average Bonchev–Trinajstić information content (AvgIpc) is 3.35. The minimum absolute atomic E-state index is 0. The summed E-state index contributed by atoms with van der Waals surface area (Å²) in [6.07, 6.45) is 1.80. The van der Waals surface area contributed by atoms with E-state index >= 15 is 0 Å². The van der Waals surface area contributed by atoms with Crippen LogP contribution in [0.4, 0.5) is 0 Å². The Balaban J connectivity index is 0.00000205. The number of hydrogen-bond acceptors (Lipinski definition) is 4. The van der Waals surface area contributed by atoms with Crippen LogP contribution in [0.1, 0.15) is 22.9 Å². The van der Waals surface area contributed by atoms with Gasteiger partial charge in [0, 0.05) is 37.0 Å². The number of amides is 1. The van der Waals surface area contributed by atoms with Crippen molar-refractivity contribution >= 4 is 39.9 Å². The zero-order chi connectivity index (χ0) is 19.4. The van der Waals surface area contributed by atoms with Gasteiger partial charge in [-0.1, -0.05) is 29.8 Å². The Morgan fingerprint density at radius 3 is 2.55 bits per heavy atom. The van der Waals surface area contributed by atoms with Crippen LogP contribution in [0.5, 0.6) is 0 Å². The van der Waals surface area contributed by atoms with Crippen LogP contribution in [0, 0.1) is 6.92 Å². The minimum Gasteiger partial charge on any atom is -0.333 e. The highest BCUT2D eigenvalue weighted by molar-refractivity contribution is 7.19. The second-order valence-electron chi connectivity index (χ2n) is 7.32. The van der Waals surface area contributed by atoms with Gasteiger partial charge >= 0.3 is 0 Å². The summed E-state index contributed by atoms with van der Waals surface area (Å²) < 4.78 is 1.85. The Kier molecular flexibility index (Phi) is 4.92. The molecule has 29 heavy (non-hydrogen) atoms. The standard InChI is InChI=1S/C22H20N4OS.ClH/c1-13-4-6-15(7-5-13)16-10-18(19-8-9-23-25(19)3)24-22-21(16)17-11-26(14(2)27)12-20(17)28-22;/h4-10H,11-12H2,1-3H3;1H. The fourth-order valence-corrected chi connectivity index (χ4v) is 5.08. The van der Waals surface area contributed by atoms with Crippen molar-refractivity contribution in [1.82, 2.24) is 19.7 Å². The summed E-state index contributed by atoms with van der Waals surface area (Å²) >= 11 is 1.70. The molecule has 0 N–H and O–H groups in total. The molecule has 4 aromatic rings. The zero-order valence-corrected chi connectivity index (χ0v) is 18.1. The lowest BCUT2D eigenvalue weighted by Crippen LogP contribution is -2.21. The Labute approximate surface area is 179 Å². The third-order valence-electron chi connectivity index (χ3n) is 5.42. The molecule has 0 spiro atoms. The Hall–Kier alpha value is -2.70. The summed E-state index contributed by atoms with van der Waals surface area (Å²) in [6.45, 7) is 5.08. The quantitative estimate of drug-likeness (QED) is 0.457. The van der Waals surface area contributed by atoms with Gasteiger partial charge in [-0.05, 0) is 35.7 Å². The summed E-state index contributed by atoms with van der Waals surface area (Å²) in [5.74, 6) is 0.118. The third kappa shape index (κ3) is 3.22. The number of rotatable bonds is 2. The van der Waals surface area contributed by atoms with Crippen LogP contribution >= 0.6 is 23.7 Å². The molecule has 5 rings (SSSR count). The number of benzene rings is 1. The van der Waals surface area contributed by atoms with Gasteiger partial charge in [-0.15, -0.1) is 23.7 Å². The monoisotopic (exact) mass is 424 g/mol. The molecule has 0 unspecified atom stereocenters. The lowest BCUT2D eigenvalue weighted by Gasteiger charge is -2.14. The molecule has 0 saturated carbocycles. The first-order valence-electron chi connectivity index (χ1n) is 9.27. The zero-order valence-electron chi connectivity index (χ0n) is 16.5. The maximum Gasteiger partial charge on any atom is 0.220 e. The van der Waals surface area contributed by atoms with Crippen molar-refractivity contribution in [1.29, 1.82) is 0 Å². The van der Waals surface area contributed by atoms with Gasteiger partial charge in [0.2, 0.25) is 5.91 Å². The average molecular weight is 425 g/mol. The van der Waals surface area contributed by atoms with Crippen LogP contribution in [0.3, 0.4) is 0 Å². The molecular weight excluding hydrogens is 404 g/mol. The summed E-state index contributed by atoms with van der Waals surface area (Å²) in [5, 5.41) is 5.48. The van der Waals surface area contributed by atoms with Crippen molar-refractivity contribution in [2.24, 2.45) is 7.05 Å². The fourth-order valence-electron chi connectivity index (χ4n) is 3.86. The number of pyridine rings is 1. The normalized spacial score (nSPS) is 12.9. The van der Waals surface area contributed by atoms with Crippen molar-refractivity contribution in [3.05, 3.63) is 58.6 Å². The number of halogens is 1. The van der Waals surface area contributed by atoms with Gasteiger partial charge in [-0.2, -0.15) is 5.10 Å². The minimum atomic E-state index is 0. The summed E-state index contributed by atoms with van der Waals surface area (Å²) in [4.78, 5) is 21.0. The molecule has 0 radical (unpaired) electrons. The Morgan fingerprint density at radius 2 is 1.90 bits per heavy atom. The van der Waals surface area contributed by atoms with Crippen LogP contribution in [-0.2, 0) is 24.9 Å². The lowest BCUT2D eigenvalue weighted by atomic mass is 9.98. The summed E-state index contributed by atoms with van der Waals surface area (Å²) in [5.41, 5.74) is 6.74. The van der Waals surface area contributed by atoms with Crippen LogP contribution in [0.2, 0.25) is 0 Å². The largest absolute Gasteiger partial charge is 0.333 e. The highest BCUT2D eigenvalue weighted by Crippen LogP contribution is 2.43. The number of carbonyl (C=O) groups is 1. The van der Waals surface area contributed by atoms with E-state index in [9.17, 15) is 4.79 Å².